The number of benzene rings is 1. The first-order valence-corrected chi connectivity index (χ1v) is 9.90. The van der Waals surface area contributed by atoms with Crippen molar-refractivity contribution in [2.45, 2.75) is 6.04 Å². The fourth-order valence-electron chi connectivity index (χ4n) is 4.65. The van der Waals surface area contributed by atoms with Gasteiger partial charge in [0, 0.05) is 43.9 Å². The van der Waals surface area contributed by atoms with Gasteiger partial charge in [-0.2, -0.15) is 10.2 Å². The monoisotopic (exact) mass is 400 g/mol. The highest BCUT2D eigenvalue weighted by molar-refractivity contribution is 5.94. The van der Waals surface area contributed by atoms with Crippen LogP contribution in [0.1, 0.15) is 32.5 Å². The van der Waals surface area contributed by atoms with Gasteiger partial charge in [0.25, 0.3) is 11.8 Å². The maximum Gasteiger partial charge on any atom is 0.274 e. The fraction of sp³-hybridized carbons (Fsp3) is 0.273. The van der Waals surface area contributed by atoms with Crippen LogP contribution in [0.15, 0.2) is 67.4 Å². The molecule has 2 aromatic heterocycles. The lowest BCUT2D eigenvalue weighted by molar-refractivity contribution is 0.0671. The van der Waals surface area contributed by atoms with Crippen molar-refractivity contribution < 1.29 is 9.59 Å². The van der Waals surface area contributed by atoms with Gasteiger partial charge in [0.05, 0.1) is 30.2 Å². The van der Waals surface area contributed by atoms with Crippen LogP contribution in [0.3, 0.4) is 0 Å². The molecule has 0 unspecified atom stereocenters. The Morgan fingerprint density at radius 3 is 2.47 bits per heavy atom. The van der Waals surface area contributed by atoms with Crippen LogP contribution in [-0.4, -0.2) is 61.4 Å². The molecule has 2 amide bonds. The molecule has 2 aliphatic rings. The van der Waals surface area contributed by atoms with Crippen molar-refractivity contribution in [2.24, 2.45) is 11.8 Å². The predicted octanol–water partition coefficient (Wildman–Crippen LogP) is 1.85. The lowest BCUT2D eigenvalue weighted by atomic mass is 9.89. The zero-order chi connectivity index (χ0) is 20.5. The Hall–Kier alpha value is -3.68. The SMILES string of the molecule is O=C(c1ccnnc1)N1C[C@H]2CN(C(=O)c3cnccn3)[C@H](c3ccccc3)[C@H]2C1. The Labute approximate surface area is 173 Å². The number of likely N-dealkylation sites (tertiary alicyclic amines) is 2. The number of hydrogen-bond donors (Lipinski definition) is 0. The van der Waals surface area contributed by atoms with Crippen LogP contribution in [0.5, 0.6) is 0 Å². The maximum atomic E-state index is 13.2. The van der Waals surface area contributed by atoms with Gasteiger partial charge in [-0.3, -0.25) is 14.6 Å². The van der Waals surface area contributed by atoms with E-state index in [1.807, 2.05) is 40.1 Å². The largest absolute Gasteiger partial charge is 0.338 e. The molecule has 0 aliphatic carbocycles. The fourth-order valence-corrected chi connectivity index (χ4v) is 4.65. The number of carbonyl (C=O) groups excluding carboxylic acids is 2. The van der Waals surface area contributed by atoms with E-state index in [0.717, 1.165) is 5.56 Å². The van der Waals surface area contributed by atoms with Crippen molar-refractivity contribution in [1.29, 1.82) is 0 Å². The summed E-state index contributed by atoms with van der Waals surface area (Å²) < 4.78 is 0. The van der Waals surface area contributed by atoms with E-state index >= 15 is 0 Å². The van der Waals surface area contributed by atoms with Gasteiger partial charge in [-0.05, 0) is 11.6 Å². The predicted molar refractivity (Wildman–Crippen MR) is 107 cm³/mol. The highest BCUT2D eigenvalue weighted by Crippen LogP contribution is 2.45. The molecule has 0 radical (unpaired) electrons. The van der Waals surface area contributed by atoms with E-state index < -0.39 is 0 Å². The Morgan fingerprint density at radius 2 is 1.73 bits per heavy atom. The molecule has 8 nitrogen and oxygen atoms in total. The van der Waals surface area contributed by atoms with Gasteiger partial charge in [0.1, 0.15) is 5.69 Å². The molecule has 5 rings (SSSR count). The van der Waals surface area contributed by atoms with Crippen LogP contribution < -0.4 is 0 Å². The molecule has 4 heterocycles. The minimum absolute atomic E-state index is 0.0436. The van der Waals surface area contributed by atoms with Crippen LogP contribution in [0, 0.1) is 11.8 Å². The van der Waals surface area contributed by atoms with E-state index in [9.17, 15) is 9.59 Å². The van der Waals surface area contributed by atoms with E-state index in [0.29, 0.717) is 30.9 Å². The zero-order valence-corrected chi connectivity index (χ0v) is 16.2. The summed E-state index contributed by atoms with van der Waals surface area (Å²) in [5.74, 6) is 0.196. The molecule has 0 spiro atoms. The number of rotatable bonds is 3. The molecule has 8 heteroatoms. The first-order valence-electron chi connectivity index (χ1n) is 9.90. The first kappa shape index (κ1) is 18.4. The zero-order valence-electron chi connectivity index (χ0n) is 16.2. The molecule has 1 aromatic carbocycles. The minimum Gasteiger partial charge on any atom is -0.338 e. The van der Waals surface area contributed by atoms with Crippen molar-refractivity contribution in [3.05, 3.63) is 84.2 Å². The number of amides is 2. The molecular weight excluding hydrogens is 380 g/mol. The average Bonchev–Trinajstić information content (AvgIpc) is 3.38. The Balaban J connectivity index is 1.44. The van der Waals surface area contributed by atoms with E-state index in [1.165, 1.54) is 24.8 Å². The molecule has 150 valence electrons. The average molecular weight is 400 g/mol. The summed E-state index contributed by atoms with van der Waals surface area (Å²) in [5, 5.41) is 7.56. The van der Waals surface area contributed by atoms with Crippen LogP contribution in [-0.2, 0) is 0 Å². The Kier molecular flexibility index (Phi) is 4.66. The second kappa shape index (κ2) is 7.62. The lowest BCUT2D eigenvalue weighted by Gasteiger charge is -2.29. The van der Waals surface area contributed by atoms with Crippen LogP contribution in [0.4, 0.5) is 0 Å². The molecule has 0 saturated carbocycles. The highest BCUT2D eigenvalue weighted by atomic mass is 16.2. The summed E-state index contributed by atoms with van der Waals surface area (Å²) in [6.07, 6.45) is 7.62. The maximum absolute atomic E-state index is 13.2. The quantitative estimate of drug-likeness (QED) is 0.666. The molecule has 3 aromatic rings. The summed E-state index contributed by atoms with van der Waals surface area (Å²) >= 11 is 0. The van der Waals surface area contributed by atoms with Gasteiger partial charge in [-0.15, -0.1) is 0 Å². The third-order valence-corrected chi connectivity index (χ3v) is 5.97. The van der Waals surface area contributed by atoms with Crippen molar-refractivity contribution in [2.75, 3.05) is 19.6 Å². The molecule has 2 aliphatic heterocycles. The number of nitrogens with zero attached hydrogens (tertiary/aromatic N) is 6. The van der Waals surface area contributed by atoms with Crippen molar-refractivity contribution >= 4 is 11.8 Å². The van der Waals surface area contributed by atoms with Gasteiger partial charge in [-0.25, -0.2) is 4.98 Å². The smallest absolute Gasteiger partial charge is 0.274 e. The third-order valence-electron chi connectivity index (χ3n) is 5.97. The number of carbonyl (C=O) groups is 2. The normalized spacial score (nSPS) is 22.7. The lowest BCUT2D eigenvalue weighted by Crippen LogP contribution is -2.37. The molecule has 2 saturated heterocycles. The third kappa shape index (κ3) is 3.20. The van der Waals surface area contributed by atoms with Gasteiger partial charge in [0.15, 0.2) is 0 Å². The van der Waals surface area contributed by atoms with Crippen molar-refractivity contribution in [3.8, 4) is 0 Å². The molecule has 30 heavy (non-hydrogen) atoms. The molecule has 3 atom stereocenters. The van der Waals surface area contributed by atoms with Gasteiger partial charge >= 0.3 is 0 Å². The summed E-state index contributed by atoms with van der Waals surface area (Å²) in [6, 6.07) is 11.6. The van der Waals surface area contributed by atoms with E-state index in [4.69, 9.17) is 0 Å². The molecule has 0 bridgehead atoms. The summed E-state index contributed by atoms with van der Waals surface area (Å²) in [6.45, 7) is 1.78. The van der Waals surface area contributed by atoms with Crippen molar-refractivity contribution in [3.63, 3.8) is 0 Å². The summed E-state index contributed by atoms with van der Waals surface area (Å²) in [4.78, 5) is 38.1. The topological polar surface area (TPSA) is 92.2 Å². The number of fused-ring (bicyclic) bond motifs is 1. The summed E-state index contributed by atoms with van der Waals surface area (Å²) in [7, 11) is 0. The van der Waals surface area contributed by atoms with E-state index in [1.54, 1.807) is 12.3 Å². The molecular formula is C22H20N6O2. The minimum atomic E-state index is -0.123. The van der Waals surface area contributed by atoms with E-state index in [-0.39, 0.29) is 29.7 Å². The van der Waals surface area contributed by atoms with Crippen LogP contribution >= 0.6 is 0 Å². The van der Waals surface area contributed by atoms with Gasteiger partial charge in [0.2, 0.25) is 0 Å². The summed E-state index contributed by atoms with van der Waals surface area (Å²) in [5.41, 5.74) is 1.95. The Morgan fingerprint density at radius 1 is 0.867 bits per heavy atom. The highest BCUT2D eigenvalue weighted by Gasteiger charge is 2.50. The van der Waals surface area contributed by atoms with Crippen LogP contribution in [0.2, 0.25) is 0 Å². The van der Waals surface area contributed by atoms with Gasteiger partial charge in [-0.1, -0.05) is 30.3 Å². The second-order valence-corrected chi connectivity index (χ2v) is 7.67. The Bertz CT molecular complexity index is 1050. The standard InChI is InChI=1S/C22H20N6O2/c29-21(16-6-7-25-26-10-16)27-12-17-13-28(22(30)19-11-23-8-9-24-19)20(18(17)14-27)15-4-2-1-3-5-15/h1-11,17-18,20H,12-14H2/t17-,18-,20+/m0/s1. The van der Waals surface area contributed by atoms with E-state index in [2.05, 4.69) is 20.2 Å². The van der Waals surface area contributed by atoms with Crippen molar-refractivity contribution in [1.82, 2.24) is 30.0 Å². The van der Waals surface area contributed by atoms with Gasteiger partial charge < -0.3 is 9.80 Å². The second-order valence-electron chi connectivity index (χ2n) is 7.67. The molecule has 0 N–H and O–H groups in total. The molecule has 2 fully saturated rings. The number of hydrogen-bond acceptors (Lipinski definition) is 6. The first-order chi connectivity index (χ1) is 14.7. The number of aromatic nitrogens is 4. The van der Waals surface area contributed by atoms with Crippen LogP contribution in [0.25, 0.3) is 0 Å².